The van der Waals surface area contributed by atoms with Gasteiger partial charge in [-0.3, -0.25) is 14.4 Å². The molecule has 0 radical (unpaired) electrons. The van der Waals surface area contributed by atoms with Crippen LogP contribution >= 0.6 is 11.8 Å². The van der Waals surface area contributed by atoms with Gasteiger partial charge in [0.25, 0.3) is 11.8 Å². The molecule has 1 saturated heterocycles. The second-order valence-electron chi connectivity index (χ2n) is 9.06. The maximum absolute atomic E-state index is 12.9. The molecular formula is C26H31N5O3S. The van der Waals surface area contributed by atoms with Crippen LogP contribution in [-0.2, 0) is 9.59 Å². The van der Waals surface area contributed by atoms with E-state index in [4.69, 9.17) is 0 Å². The van der Waals surface area contributed by atoms with Crippen LogP contribution in [0.3, 0.4) is 0 Å². The number of nitrogens with one attached hydrogen (secondary N) is 2. The van der Waals surface area contributed by atoms with Crippen molar-refractivity contribution in [2.75, 3.05) is 39.0 Å². The summed E-state index contributed by atoms with van der Waals surface area (Å²) in [5.74, 6) is -0.677. The topological polar surface area (TPSA) is 94.1 Å². The number of thioether (sulfide) groups is 1. The molecular weight excluding hydrogens is 462 g/mol. The van der Waals surface area contributed by atoms with E-state index in [1.165, 1.54) is 11.8 Å². The first-order valence-corrected chi connectivity index (χ1v) is 12.7. The van der Waals surface area contributed by atoms with Crippen LogP contribution in [0.15, 0.2) is 59.6 Å². The lowest BCUT2D eigenvalue weighted by Gasteiger charge is -2.23. The summed E-state index contributed by atoms with van der Waals surface area (Å²) >= 11 is 1.38. The van der Waals surface area contributed by atoms with Crippen molar-refractivity contribution in [1.29, 1.82) is 0 Å². The van der Waals surface area contributed by atoms with E-state index in [0.717, 1.165) is 36.7 Å². The number of amidine groups is 1. The Balaban J connectivity index is 1.30. The van der Waals surface area contributed by atoms with Gasteiger partial charge in [0, 0.05) is 37.3 Å². The Morgan fingerprint density at radius 3 is 2.43 bits per heavy atom. The number of carbonyl (C=O) groups is 3. The van der Waals surface area contributed by atoms with Gasteiger partial charge in [-0.05, 0) is 56.8 Å². The molecule has 2 aromatic carbocycles. The van der Waals surface area contributed by atoms with Crippen molar-refractivity contribution < 1.29 is 14.4 Å². The van der Waals surface area contributed by atoms with Gasteiger partial charge in [0.05, 0.1) is 6.04 Å². The number of likely N-dealkylation sites (tertiary alicyclic amines) is 1. The molecule has 184 valence electrons. The van der Waals surface area contributed by atoms with Gasteiger partial charge in [-0.25, -0.2) is 0 Å². The SMILES string of the molecule is CN(C)CC(NC(=O)c1ccc(NC(=O)CC2SC(N3CCCC3)=NC2=O)cc1)c1ccccc1. The highest BCUT2D eigenvalue weighted by atomic mass is 32.2. The van der Waals surface area contributed by atoms with Crippen molar-refractivity contribution >= 4 is 40.3 Å². The molecule has 2 unspecified atom stereocenters. The second kappa shape index (κ2) is 11.5. The van der Waals surface area contributed by atoms with Crippen LogP contribution in [0.25, 0.3) is 0 Å². The quantitative estimate of drug-likeness (QED) is 0.587. The molecule has 0 bridgehead atoms. The molecule has 4 rings (SSSR count). The molecule has 2 aromatic rings. The summed E-state index contributed by atoms with van der Waals surface area (Å²) in [5, 5.41) is 6.18. The predicted molar refractivity (Wildman–Crippen MR) is 140 cm³/mol. The fraction of sp³-hybridized carbons (Fsp3) is 0.385. The van der Waals surface area contributed by atoms with Crippen LogP contribution in [0.2, 0.25) is 0 Å². The van der Waals surface area contributed by atoms with E-state index >= 15 is 0 Å². The van der Waals surface area contributed by atoms with E-state index in [1.807, 2.05) is 49.3 Å². The van der Waals surface area contributed by atoms with Crippen LogP contribution in [0.1, 0.15) is 41.2 Å². The molecule has 8 nitrogen and oxygen atoms in total. The molecule has 9 heteroatoms. The number of aliphatic imine (C=N–C) groups is 1. The molecule has 2 atom stereocenters. The van der Waals surface area contributed by atoms with Gasteiger partial charge in [0.2, 0.25) is 5.91 Å². The summed E-state index contributed by atoms with van der Waals surface area (Å²) in [6.45, 7) is 2.50. The highest BCUT2D eigenvalue weighted by Gasteiger charge is 2.33. The summed E-state index contributed by atoms with van der Waals surface area (Å²) in [7, 11) is 3.94. The van der Waals surface area contributed by atoms with Gasteiger partial charge in [-0.2, -0.15) is 4.99 Å². The minimum Gasteiger partial charge on any atom is -0.351 e. The fourth-order valence-electron chi connectivity index (χ4n) is 4.16. The number of hydrogen-bond acceptors (Lipinski definition) is 6. The van der Waals surface area contributed by atoms with Crippen LogP contribution < -0.4 is 10.6 Å². The molecule has 2 heterocycles. The third kappa shape index (κ3) is 6.70. The lowest BCUT2D eigenvalue weighted by Crippen LogP contribution is -2.35. The highest BCUT2D eigenvalue weighted by Crippen LogP contribution is 2.29. The van der Waals surface area contributed by atoms with Crippen LogP contribution in [0, 0.1) is 0 Å². The number of benzene rings is 2. The fourth-order valence-corrected chi connectivity index (χ4v) is 5.28. The first kappa shape index (κ1) is 24.9. The number of nitrogens with zero attached hydrogens (tertiary/aromatic N) is 3. The zero-order chi connectivity index (χ0) is 24.8. The Kier molecular flexibility index (Phi) is 8.20. The van der Waals surface area contributed by atoms with Gasteiger partial charge >= 0.3 is 0 Å². The van der Waals surface area contributed by atoms with Crippen molar-refractivity contribution in [3.63, 3.8) is 0 Å². The van der Waals surface area contributed by atoms with Crippen molar-refractivity contribution in [2.45, 2.75) is 30.6 Å². The number of likely N-dealkylation sites (N-methyl/N-ethyl adjacent to an activating group) is 1. The van der Waals surface area contributed by atoms with Gasteiger partial charge in [-0.1, -0.05) is 42.1 Å². The highest BCUT2D eigenvalue weighted by molar-refractivity contribution is 8.15. The lowest BCUT2D eigenvalue weighted by molar-refractivity contribution is -0.121. The van der Waals surface area contributed by atoms with Crippen LogP contribution in [-0.4, -0.2) is 71.7 Å². The Bertz CT molecular complexity index is 1080. The number of anilines is 1. The van der Waals surface area contributed by atoms with Crippen molar-refractivity contribution in [1.82, 2.24) is 15.1 Å². The Hall–Kier alpha value is -3.17. The molecule has 3 amide bonds. The minimum atomic E-state index is -0.484. The summed E-state index contributed by atoms with van der Waals surface area (Å²) in [6.07, 6.45) is 2.28. The molecule has 0 spiro atoms. The number of amides is 3. The standard InChI is InChI=1S/C26H31N5O3S/c1-30(2)17-21(18-8-4-3-5-9-18)28-24(33)19-10-12-20(13-11-19)27-23(32)16-22-25(34)29-26(35-22)31-14-6-7-15-31/h3-5,8-13,21-22H,6-7,14-17H2,1-2H3,(H,27,32)(H,28,33). The molecule has 2 aliphatic rings. The van der Waals surface area contributed by atoms with Crippen LogP contribution in [0.5, 0.6) is 0 Å². The molecule has 35 heavy (non-hydrogen) atoms. The van der Waals surface area contributed by atoms with E-state index in [0.29, 0.717) is 17.8 Å². The molecule has 0 aliphatic carbocycles. The summed E-state index contributed by atoms with van der Waals surface area (Å²) < 4.78 is 0. The smallest absolute Gasteiger partial charge is 0.262 e. The van der Waals surface area contributed by atoms with E-state index < -0.39 is 5.25 Å². The molecule has 2 aliphatic heterocycles. The Morgan fingerprint density at radius 1 is 1.09 bits per heavy atom. The normalized spacial score (nSPS) is 18.5. The average Bonchev–Trinajstić information content (AvgIpc) is 3.50. The molecule has 0 saturated carbocycles. The summed E-state index contributed by atoms with van der Waals surface area (Å²) in [5.41, 5.74) is 2.12. The van der Waals surface area contributed by atoms with Gasteiger partial charge in [-0.15, -0.1) is 0 Å². The molecule has 1 fully saturated rings. The van der Waals surface area contributed by atoms with Gasteiger partial charge in [0.15, 0.2) is 5.17 Å². The maximum atomic E-state index is 12.9. The average molecular weight is 494 g/mol. The minimum absolute atomic E-state index is 0.0653. The maximum Gasteiger partial charge on any atom is 0.262 e. The van der Waals surface area contributed by atoms with E-state index in [1.54, 1.807) is 24.3 Å². The van der Waals surface area contributed by atoms with E-state index in [-0.39, 0.29) is 30.2 Å². The number of rotatable bonds is 8. The van der Waals surface area contributed by atoms with Gasteiger partial charge in [0.1, 0.15) is 5.25 Å². The first-order chi connectivity index (χ1) is 16.9. The first-order valence-electron chi connectivity index (χ1n) is 11.8. The lowest BCUT2D eigenvalue weighted by atomic mass is 10.1. The zero-order valence-corrected chi connectivity index (χ0v) is 20.9. The van der Waals surface area contributed by atoms with Crippen molar-refractivity contribution in [3.05, 3.63) is 65.7 Å². The second-order valence-corrected chi connectivity index (χ2v) is 10.2. The van der Waals surface area contributed by atoms with E-state index in [2.05, 4.69) is 20.5 Å². The largest absolute Gasteiger partial charge is 0.351 e. The number of carbonyl (C=O) groups excluding carboxylic acids is 3. The van der Waals surface area contributed by atoms with Crippen molar-refractivity contribution in [2.24, 2.45) is 4.99 Å². The zero-order valence-electron chi connectivity index (χ0n) is 20.1. The monoisotopic (exact) mass is 493 g/mol. The summed E-state index contributed by atoms with van der Waals surface area (Å²) in [6, 6.07) is 16.5. The third-order valence-corrected chi connectivity index (χ3v) is 7.18. The predicted octanol–water partition coefficient (Wildman–Crippen LogP) is 3.14. The Morgan fingerprint density at radius 2 is 1.77 bits per heavy atom. The molecule has 2 N–H and O–H groups in total. The van der Waals surface area contributed by atoms with Gasteiger partial charge < -0.3 is 20.4 Å². The van der Waals surface area contributed by atoms with E-state index in [9.17, 15) is 14.4 Å². The molecule has 0 aromatic heterocycles. The third-order valence-electron chi connectivity index (χ3n) is 5.96. The number of hydrogen-bond donors (Lipinski definition) is 2. The van der Waals surface area contributed by atoms with Crippen LogP contribution in [0.4, 0.5) is 5.69 Å². The van der Waals surface area contributed by atoms with Crippen molar-refractivity contribution in [3.8, 4) is 0 Å². The summed E-state index contributed by atoms with van der Waals surface area (Å²) in [4.78, 5) is 46.0. The Labute approximate surface area is 210 Å².